The van der Waals surface area contributed by atoms with Crippen molar-refractivity contribution in [2.24, 2.45) is 0 Å². The third-order valence-electron chi connectivity index (χ3n) is 2.55. The number of carbonyl (C=O) groups excluding carboxylic acids is 1. The van der Waals surface area contributed by atoms with Crippen molar-refractivity contribution in [1.82, 2.24) is 5.32 Å². The van der Waals surface area contributed by atoms with Crippen molar-refractivity contribution >= 4 is 40.6 Å². The quantitative estimate of drug-likeness (QED) is 0.805. The number of thiophene rings is 1. The van der Waals surface area contributed by atoms with Crippen LogP contribution in [0.4, 0.5) is 4.39 Å². The lowest BCUT2D eigenvalue weighted by Crippen LogP contribution is -2.26. The maximum atomic E-state index is 13.5. The molecule has 2 aromatic rings. The van der Waals surface area contributed by atoms with E-state index in [1.54, 1.807) is 23.1 Å². The molecule has 0 aliphatic rings. The van der Waals surface area contributed by atoms with Gasteiger partial charge in [0.25, 0.3) is 5.91 Å². The third kappa shape index (κ3) is 4.51. The second-order valence-corrected chi connectivity index (χ2v) is 6.39. The maximum Gasteiger partial charge on any atom is 0.254 e. The third-order valence-corrected chi connectivity index (χ3v) is 4.55. The lowest BCUT2D eigenvalue weighted by Gasteiger charge is -2.06. The summed E-state index contributed by atoms with van der Waals surface area (Å²) in [5.74, 6) is 0.716. The monoisotopic (exact) mass is 329 g/mol. The highest BCUT2D eigenvalue weighted by atomic mass is 35.5. The molecule has 0 aliphatic heterocycles. The first kappa shape index (κ1) is 15.4. The predicted molar refractivity (Wildman–Crippen MR) is 84.2 cm³/mol. The molecule has 1 aromatic heterocycles. The van der Waals surface area contributed by atoms with Gasteiger partial charge in [0, 0.05) is 23.1 Å². The van der Waals surface area contributed by atoms with Crippen LogP contribution < -0.4 is 5.32 Å². The minimum atomic E-state index is -0.558. The average Bonchev–Trinajstić information content (AvgIpc) is 2.94. The van der Waals surface area contributed by atoms with Crippen molar-refractivity contribution < 1.29 is 9.18 Å². The number of amides is 1. The Balaban J connectivity index is 1.73. The summed E-state index contributed by atoms with van der Waals surface area (Å²) >= 11 is 9.15. The molecular formula is C14H13ClFNOS2. The number of benzene rings is 1. The van der Waals surface area contributed by atoms with E-state index in [1.165, 1.54) is 23.8 Å². The number of hydrogen-bond acceptors (Lipinski definition) is 3. The van der Waals surface area contributed by atoms with E-state index in [4.69, 9.17) is 11.6 Å². The van der Waals surface area contributed by atoms with Gasteiger partial charge in [-0.1, -0.05) is 11.6 Å². The van der Waals surface area contributed by atoms with Crippen LogP contribution in [-0.2, 0) is 5.75 Å². The zero-order valence-electron chi connectivity index (χ0n) is 10.6. The van der Waals surface area contributed by atoms with Crippen LogP contribution in [-0.4, -0.2) is 18.2 Å². The smallest absolute Gasteiger partial charge is 0.254 e. The summed E-state index contributed by atoms with van der Waals surface area (Å²) < 4.78 is 13.5. The van der Waals surface area contributed by atoms with Crippen molar-refractivity contribution in [3.8, 4) is 0 Å². The van der Waals surface area contributed by atoms with E-state index in [2.05, 4.69) is 16.8 Å². The standard InChI is InChI=1S/C14H13ClFNOS2/c15-11-1-2-13(16)12(7-11)14(18)17-4-6-20-9-10-3-5-19-8-10/h1-3,5,7-8H,4,6,9H2,(H,17,18). The number of rotatable bonds is 6. The first-order valence-corrected chi connectivity index (χ1v) is 8.46. The van der Waals surface area contributed by atoms with Crippen molar-refractivity contribution in [1.29, 1.82) is 0 Å². The van der Waals surface area contributed by atoms with E-state index in [0.717, 1.165) is 11.5 Å². The van der Waals surface area contributed by atoms with Crippen molar-refractivity contribution in [2.45, 2.75) is 5.75 Å². The van der Waals surface area contributed by atoms with Gasteiger partial charge in [-0.05, 0) is 40.6 Å². The molecule has 1 aromatic carbocycles. The van der Waals surface area contributed by atoms with Crippen molar-refractivity contribution in [2.75, 3.05) is 12.3 Å². The lowest BCUT2D eigenvalue weighted by molar-refractivity contribution is 0.0952. The molecule has 20 heavy (non-hydrogen) atoms. The fourth-order valence-electron chi connectivity index (χ4n) is 1.57. The Labute approximate surface area is 130 Å². The summed E-state index contributed by atoms with van der Waals surface area (Å²) in [6.45, 7) is 0.500. The van der Waals surface area contributed by atoms with Gasteiger partial charge in [0.1, 0.15) is 5.82 Å². The minimum Gasteiger partial charge on any atom is -0.351 e. The number of carbonyl (C=O) groups is 1. The number of halogens is 2. The maximum absolute atomic E-state index is 13.5. The summed E-state index contributed by atoms with van der Waals surface area (Å²) in [6.07, 6.45) is 0. The number of hydrogen-bond donors (Lipinski definition) is 1. The fraction of sp³-hybridized carbons (Fsp3) is 0.214. The lowest BCUT2D eigenvalue weighted by atomic mass is 10.2. The van der Waals surface area contributed by atoms with Gasteiger partial charge in [-0.2, -0.15) is 23.1 Å². The second-order valence-electron chi connectivity index (χ2n) is 4.06. The Bertz CT molecular complexity index is 575. The van der Waals surface area contributed by atoms with Gasteiger partial charge in [-0.25, -0.2) is 4.39 Å². The first-order valence-electron chi connectivity index (χ1n) is 5.99. The molecule has 2 rings (SSSR count). The molecule has 106 valence electrons. The van der Waals surface area contributed by atoms with Crippen molar-refractivity contribution in [3.63, 3.8) is 0 Å². The molecule has 0 aliphatic carbocycles. The van der Waals surface area contributed by atoms with E-state index in [-0.39, 0.29) is 5.56 Å². The van der Waals surface area contributed by atoms with Gasteiger partial charge in [-0.3, -0.25) is 4.79 Å². The molecular weight excluding hydrogens is 317 g/mol. The molecule has 1 N–H and O–H groups in total. The Morgan fingerprint density at radius 1 is 1.40 bits per heavy atom. The van der Waals surface area contributed by atoms with Gasteiger partial charge in [0.15, 0.2) is 0 Å². The van der Waals surface area contributed by atoms with Crippen LogP contribution in [0.5, 0.6) is 0 Å². The highest BCUT2D eigenvalue weighted by Crippen LogP contribution is 2.16. The van der Waals surface area contributed by atoms with E-state index in [9.17, 15) is 9.18 Å². The summed E-state index contributed by atoms with van der Waals surface area (Å²) in [5, 5.41) is 7.19. The predicted octanol–water partition coefficient (Wildman–Crippen LogP) is 4.20. The zero-order valence-corrected chi connectivity index (χ0v) is 13.0. The topological polar surface area (TPSA) is 29.1 Å². The molecule has 0 saturated carbocycles. The summed E-state index contributed by atoms with van der Waals surface area (Å²) in [6, 6.07) is 6.04. The Morgan fingerprint density at radius 2 is 2.25 bits per heavy atom. The van der Waals surface area contributed by atoms with Crippen LogP contribution >= 0.6 is 34.7 Å². The second kappa shape index (κ2) is 7.67. The van der Waals surface area contributed by atoms with Gasteiger partial charge in [0.2, 0.25) is 0 Å². The van der Waals surface area contributed by atoms with Crippen LogP contribution in [0.1, 0.15) is 15.9 Å². The Hall–Kier alpha value is -1.04. The number of thioether (sulfide) groups is 1. The number of nitrogens with one attached hydrogen (secondary N) is 1. The zero-order chi connectivity index (χ0) is 14.4. The first-order chi connectivity index (χ1) is 9.66. The van der Waals surface area contributed by atoms with E-state index in [1.807, 2.05) is 5.38 Å². The minimum absolute atomic E-state index is 0.0136. The van der Waals surface area contributed by atoms with E-state index < -0.39 is 11.7 Å². The fourth-order valence-corrected chi connectivity index (χ4v) is 3.32. The van der Waals surface area contributed by atoms with Gasteiger partial charge >= 0.3 is 0 Å². The van der Waals surface area contributed by atoms with Crippen molar-refractivity contribution in [3.05, 3.63) is 57.0 Å². The molecule has 0 radical (unpaired) electrons. The highest BCUT2D eigenvalue weighted by molar-refractivity contribution is 7.98. The highest BCUT2D eigenvalue weighted by Gasteiger charge is 2.11. The molecule has 6 heteroatoms. The van der Waals surface area contributed by atoms with Gasteiger partial charge < -0.3 is 5.32 Å². The molecule has 0 fully saturated rings. The van der Waals surface area contributed by atoms with Gasteiger partial charge in [0.05, 0.1) is 5.56 Å². The molecule has 0 atom stereocenters. The van der Waals surface area contributed by atoms with E-state index >= 15 is 0 Å². The summed E-state index contributed by atoms with van der Waals surface area (Å²) in [5.41, 5.74) is 1.27. The van der Waals surface area contributed by atoms with Gasteiger partial charge in [-0.15, -0.1) is 0 Å². The molecule has 0 unspecified atom stereocenters. The molecule has 1 heterocycles. The molecule has 0 spiro atoms. The normalized spacial score (nSPS) is 10.5. The largest absolute Gasteiger partial charge is 0.351 e. The molecule has 2 nitrogen and oxygen atoms in total. The van der Waals surface area contributed by atoms with Crippen LogP contribution in [0.3, 0.4) is 0 Å². The summed E-state index contributed by atoms with van der Waals surface area (Å²) in [7, 11) is 0. The Kier molecular flexibility index (Phi) is 5.88. The van der Waals surface area contributed by atoms with Crippen LogP contribution in [0.15, 0.2) is 35.0 Å². The SMILES string of the molecule is O=C(NCCSCc1ccsc1)c1cc(Cl)ccc1F. The summed E-state index contributed by atoms with van der Waals surface area (Å²) in [4.78, 5) is 11.8. The van der Waals surface area contributed by atoms with Crippen LogP contribution in [0, 0.1) is 5.82 Å². The van der Waals surface area contributed by atoms with E-state index in [0.29, 0.717) is 11.6 Å². The average molecular weight is 330 g/mol. The van der Waals surface area contributed by atoms with Crippen LogP contribution in [0.25, 0.3) is 0 Å². The molecule has 0 bridgehead atoms. The Morgan fingerprint density at radius 3 is 3.00 bits per heavy atom. The van der Waals surface area contributed by atoms with Crippen LogP contribution in [0.2, 0.25) is 5.02 Å². The molecule has 0 saturated heterocycles. The molecule has 1 amide bonds.